The van der Waals surface area contributed by atoms with Gasteiger partial charge in [-0.25, -0.2) is 15.0 Å². The summed E-state index contributed by atoms with van der Waals surface area (Å²) < 4.78 is 0. The summed E-state index contributed by atoms with van der Waals surface area (Å²) in [7, 11) is 1.87. The molecule has 1 heterocycles. The van der Waals surface area contributed by atoms with Crippen LogP contribution >= 0.6 is 0 Å². The first kappa shape index (κ1) is 21.6. The lowest BCUT2D eigenvalue weighted by Gasteiger charge is -2.19. The maximum atomic E-state index is 12.9. The van der Waals surface area contributed by atoms with Crippen LogP contribution in [0.1, 0.15) is 40.5 Å². The molecule has 1 aliphatic carbocycles. The number of aliphatic imine (C=N–C) groups is 1. The van der Waals surface area contributed by atoms with Crippen molar-refractivity contribution in [3.8, 4) is 0 Å². The van der Waals surface area contributed by atoms with Gasteiger partial charge in [-0.3, -0.25) is 4.79 Å². The highest BCUT2D eigenvalue weighted by molar-refractivity contribution is 6.07. The summed E-state index contributed by atoms with van der Waals surface area (Å²) in [5.74, 6) is 0.969. The highest BCUT2D eigenvalue weighted by Gasteiger charge is 2.38. The quantitative estimate of drug-likeness (QED) is 0.342. The van der Waals surface area contributed by atoms with Crippen LogP contribution in [0, 0.1) is 0 Å². The minimum absolute atomic E-state index is 0.0419. The second-order valence-corrected chi connectivity index (χ2v) is 7.63. The van der Waals surface area contributed by atoms with Crippen molar-refractivity contribution in [1.82, 2.24) is 15.3 Å². The van der Waals surface area contributed by atoms with Crippen molar-refractivity contribution in [2.75, 3.05) is 30.4 Å². The second kappa shape index (κ2) is 8.97. The van der Waals surface area contributed by atoms with E-state index in [4.69, 9.17) is 5.73 Å². The molecule has 0 aromatic carbocycles. The Hall–Kier alpha value is -2.74. The lowest BCUT2D eigenvalue weighted by molar-refractivity contribution is -0.112. The van der Waals surface area contributed by atoms with Crippen LogP contribution in [0.4, 0.5) is 11.6 Å². The van der Waals surface area contributed by atoms with E-state index in [0.29, 0.717) is 36.1 Å². The van der Waals surface area contributed by atoms with E-state index >= 15 is 0 Å². The molecule has 2 rings (SSSR count). The Balaban J connectivity index is 2.19. The van der Waals surface area contributed by atoms with Gasteiger partial charge in [-0.2, -0.15) is 0 Å². The van der Waals surface area contributed by atoms with E-state index in [1.165, 1.54) is 0 Å². The largest absolute Gasteiger partial charge is 0.365 e. The Labute approximate surface area is 167 Å². The molecular weight excluding hydrogens is 354 g/mol. The summed E-state index contributed by atoms with van der Waals surface area (Å²) in [6, 6.07) is 0. The number of hydrogen-bond acceptors (Lipinski definition) is 7. The van der Waals surface area contributed by atoms with Gasteiger partial charge in [-0.1, -0.05) is 5.57 Å². The number of nitrogens with zero attached hydrogens (tertiary/aromatic N) is 4. The van der Waals surface area contributed by atoms with E-state index in [9.17, 15) is 4.79 Å². The van der Waals surface area contributed by atoms with Crippen LogP contribution in [0.25, 0.3) is 0 Å². The molecule has 8 heteroatoms. The molecular formula is C20H31N7O. The van der Waals surface area contributed by atoms with Crippen molar-refractivity contribution in [2.45, 2.75) is 46.1 Å². The summed E-state index contributed by atoms with van der Waals surface area (Å²) in [5.41, 5.74) is 8.34. The topological polar surface area (TPSA) is 109 Å². The maximum absolute atomic E-state index is 12.9. The Kier molecular flexibility index (Phi) is 6.90. The number of likely N-dealkylation sites (N-methyl/N-ethyl adjacent to an activating group) is 1. The van der Waals surface area contributed by atoms with E-state index in [-0.39, 0.29) is 11.4 Å². The number of nitrogens with two attached hydrogens (primary N) is 1. The van der Waals surface area contributed by atoms with Crippen molar-refractivity contribution in [3.05, 3.63) is 34.9 Å². The molecule has 8 nitrogen and oxygen atoms in total. The summed E-state index contributed by atoms with van der Waals surface area (Å²) in [5, 5.41) is 6.27. The third-order valence-electron chi connectivity index (χ3n) is 4.74. The SMILES string of the molecule is C=N/C(NC1(C)CC1)=C(\C)C(C(=O)Nc1cnc(N(C)CCN)nc1)=C(C)C. The minimum atomic E-state index is -0.229. The zero-order valence-electron chi connectivity index (χ0n) is 17.5. The molecule has 0 bridgehead atoms. The molecule has 28 heavy (non-hydrogen) atoms. The molecule has 0 atom stereocenters. The van der Waals surface area contributed by atoms with Gasteiger partial charge in [0.1, 0.15) is 5.82 Å². The Morgan fingerprint density at radius 3 is 2.39 bits per heavy atom. The lowest BCUT2D eigenvalue weighted by atomic mass is 10.0. The smallest absolute Gasteiger partial charge is 0.256 e. The summed E-state index contributed by atoms with van der Waals surface area (Å²) in [4.78, 5) is 27.5. The molecule has 0 radical (unpaired) electrons. The molecule has 1 amide bonds. The molecule has 1 fully saturated rings. The van der Waals surface area contributed by atoms with E-state index in [1.807, 2.05) is 32.7 Å². The van der Waals surface area contributed by atoms with Gasteiger partial charge in [0.25, 0.3) is 5.91 Å². The number of amides is 1. The van der Waals surface area contributed by atoms with E-state index in [2.05, 4.69) is 39.2 Å². The Morgan fingerprint density at radius 2 is 1.93 bits per heavy atom. The summed E-state index contributed by atoms with van der Waals surface area (Å²) in [6.07, 6.45) is 5.34. The highest BCUT2D eigenvalue weighted by atomic mass is 16.1. The van der Waals surface area contributed by atoms with Crippen LogP contribution in [0.15, 0.2) is 39.9 Å². The molecule has 4 N–H and O–H groups in total. The van der Waals surface area contributed by atoms with Crippen molar-refractivity contribution in [2.24, 2.45) is 10.7 Å². The first-order valence-corrected chi connectivity index (χ1v) is 9.39. The minimum Gasteiger partial charge on any atom is -0.365 e. The van der Waals surface area contributed by atoms with Crippen LogP contribution in [0.3, 0.4) is 0 Å². The number of hydrogen-bond donors (Lipinski definition) is 3. The molecule has 0 saturated heterocycles. The molecule has 1 aromatic rings. The number of aromatic nitrogens is 2. The fraction of sp³-hybridized carbons (Fsp3) is 0.500. The molecule has 1 saturated carbocycles. The van der Waals surface area contributed by atoms with Gasteiger partial charge in [0.15, 0.2) is 0 Å². The summed E-state index contributed by atoms with van der Waals surface area (Å²) >= 11 is 0. The molecule has 1 aliphatic rings. The van der Waals surface area contributed by atoms with Gasteiger partial charge < -0.3 is 21.3 Å². The van der Waals surface area contributed by atoms with Gasteiger partial charge in [-0.05, 0) is 47.3 Å². The molecule has 0 aliphatic heterocycles. The fourth-order valence-corrected chi connectivity index (χ4v) is 2.81. The van der Waals surface area contributed by atoms with E-state index in [1.54, 1.807) is 12.4 Å². The predicted octanol–water partition coefficient (Wildman–Crippen LogP) is 2.22. The van der Waals surface area contributed by atoms with Crippen LogP contribution in [-0.4, -0.2) is 48.3 Å². The number of allylic oxidation sites excluding steroid dienone is 1. The van der Waals surface area contributed by atoms with E-state index < -0.39 is 0 Å². The van der Waals surface area contributed by atoms with Crippen LogP contribution in [0.2, 0.25) is 0 Å². The third kappa shape index (κ3) is 5.39. The highest BCUT2D eigenvalue weighted by Crippen LogP contribution is 2.36. The van der Waals surface area contributed by atoms with Crippen LogP contribution in [0.5, 0.6) is 0 Å². The number of carbonyl (C=O) groups excluding carboxylic acids is 1. The average Bonchev–Trinajstić information content (AvgIpc) is 3.37. The van der Waals surface area contributed by atoms with Gasteiger partial charge in [0, 0.05) is 36.8 Å². The molecule has 0 spiro atoms. The first-order chi connectivity index (χ1) is 13.2. The van der Waals surface area contributed by atoms with Gasteiger partial charge in [0.05, 0.1) is 18.1 Å². The predicted molar refractivity (Wildman–Crippen MR) is 114 cm³/mol. The fourth-order valence-electron chi connectivity index (χ4n) is 2.81. The van der Waals surface area contributed by atoms with Gasteiger partial charge in [0.2, 0.25) is 5.95 Å². The molecule has 152 valence electrons. The molecule has 0 unspecified atom stereocenters. The Bertz CT molecular complexity index is 787. The number of rotatable bonds is 9. The van der Waals surface area contributed by atoms with Crippen LogP contribution in [-0.2, 0) is 4.79 Å². The number of anilines is 2. The molecule has 1 aromatic heterocycles. The zero-order valence-corrected chi connectivity index (χ0v) is 17.5. The van der Waals surface area contributed by atoms with E-state index in [0.717, 1.165) is 24.0 Å². The second-order valence-electron chi connectivity index (χ2n) is 7.63. The average molecular weight is 386 g/mol. The lowest BCUT2D eigenvalue weighted by Crippen LogP contribution is -2.28. The van der Waals surface area contributed by atoms with Crippen molar-refractivity contribution in [3.63, 3.8) is 0 Å². The third-order valence-corrected chi connectivity index (χ3v) is 4.74. The number of carbonyl (C=O) groups is 1. The maximum Gasteiger partial charge on any atom is 0.256 e. The normalized spacial score (nSPS) is 15.2. The monoisotopic (exact) mass is 385 g/mol. The van der Waals surface area contributed by atoms with Gasteiger partial charge >= 0.3 is 0 Å². The van der Waals surface area contributed by atoms with Crippen molar-refractivity contribution < 1.29 is 4.79 Å². The van der Waals surface area contributed by atoms with Crippen molar-refractivity contribution >= 4 is 24.3 Å². The standard InChI is InChI=1S/C20H31N7O/c1-13(2)16(14(3)17(22-5)26-20(4)7-8-20)18(28)25-15-11-23-19(24-12-15)27(6)10-9-21/h11-12,26H,5,7-10,21H2,1-4,6H3,(H,25,28)/b17-14-. The Morgan fingerprint density at radius 1 is 1.32 bits per heavy atom. The zero-order chi connectivity index (χ0) is 20.9. The summed E-state index contributed by atoms with van der Waals surface area (Å²) in [6.45, 7) is 12.6. The first-order valence-electron chi connectivity index (χ1n) is 9.39. The van der Waals surface area contributed by atoms with Crippen molar-refractivity contribution in [1.29, 1.82) is 0 Å². The number of nitrogens with one attached hydrogen (secondary N) is 2. The van der Waals surface area contributed by atoms with Gasteiger partial charge in [-0.15, -0.1) is 0 Å². The van der Waals surface area contributed by atoms with Crippen LogP contribution < -0.4 is 21.3 Å².